The molecular weight excluding hydrogens is 321 g/mol. The van der Waals surface area contributed by atoms with Gasteiger partial charge in [-0.2, -0.15) is 0 Å². The van der Waals surface area contributed by atoms with Gasteiger partial charge in [0.05, 0.1) is 12.8 Å². The molecule has 1 N–H and O–H groups in total. The molecule has 0 radical (unpaired) electrons. The molecule has 0 aliphatic carbocycles. The molecule has 94 valence electrons. The smallest absolute Gasteiger partial charge is 0.291 e. The van der Waals surface area contributed by atoms with Gasteiger partial charge in [-0.15, -0.1) is 0 Å². The van der Waals surface area contributed by atoms with Crippen molar-refractivity contribution in [1.29, 1.82) is 0 Å². The fraction of sp³-hybridized carbons (Fsp3) is 0.0833. The molecule has 4 nitrogen and oxygen atoms in total. The van der Waals surface area contributed by atoms with Gasteiger partial charge in [0.1, 0.15) is 5.75 Å². The van der Waals surface area contributed by atoms with Crippen molar-refractivity contribution in [3.8, 4) is 5.75 Å². The number of hydrogen-bond donors (Lipinski definition) is 1. The van der Waals surface area contributed by atoms with E-state index in [1.165, 1.54) is 12.1 Å². The number of halogens is 2. The third-order valence-electron chi connectivity index (χ3n) is 2.22. The first kappa shape index (κ1) is 13.0. The van der Waals surface area contributed by atoms with Crippen LogP contribution in [-0.4, -0.2) is 13.0 Å². The van der Waals surface area contributed by atoms with E-state index in [0.29, 0.717) is 11.4 Å². The molecule has 0 fully saturated rings. The lowest BCUT2D eigenvalue weighted by atomic mass is 10.3. The van der Waals surface area contributed by atoms with Crippen LogP contribution >= 0.6 is 27.5 Å². The summed E-state index contributed by atoms with van der Waals surface area (Å²) in [6.07, 6.45) is 0. The van der Waals surface area contributed by atoms with Crippen LogP contribution in [0.3, 0.4) is 0 Å². The summed E-state index contributed by atoms with van der Waals surface area (Å²) < 4.78 is 10.9. The highest BCUT2D eigenvalue weighted by Gasteiger charge is 2.12. The first-order valence-corrected chi connectivity index (χ1v) is 6.17. The van der Waals surface area contributed by atoms with E-state index in [9.17, 15) is 4.79 Å². The van der Waals surface area contributed by atoms with Gasteiger partial charge in [0.15, 0.2) is 11.0 Å². The van der Waals surface area contributed by atoms with E-state index < -0.39 is 0 Å². The molecule has 0 spiro atoms. The zero-order valence-corrected chi connectivity index (χ0v) is 11.7. The third-order valence-corrected chi connectivity index (χ3v) is 3.11. The van der Waals surface area contributed by atoms with Crippen LogP contribution in [0.4, 0.5) is 5.69 Å². The predicted molar refractivity (Wildman–Crippen MR) is 72.4 cm³/mol. The lowest BCUT2D eigenvalue weighted by Crippen LogP contribution is -2.11. The highest BCUT2D eigenvalue weighted by molar-refractivity contribution is 9.10. The number of methoxy groups -OCH3 is 1. The predicted octanol–water partition coefficient (Wildman–Crippen LogP) is 3.96. The Morgan fingerprint density at radius 1 is 1.39 bits per heavy atom. The Bertz CT molecular complexity index is 582. The van der Waals surface area contributed by atoms with E-state index >= 15 is 0 Å². The Kier molecular flexibility index (Phi) is 3.93. The number of carbonyl (C=O) groups excluding carboxylic acids is 1. The summed E-state index contributed by atoms with van der Waals surface area (Å²) in [4.78, 5) is 11.9. The number of rotatable bonds is 3. The van der Waals surface area contributed by atoms with Gasteiger partial charge < -0.3 is 14.5 Å². The zero-order valence-electron chi connectivity index (χ0n) is 9.37. The average Bonchev–Trinajstić information content (AvgIpc) is 2.79. The van der Waals surface area contributed by atoms with Crippen molar-refractivity contribution in [1.82, 2.24) is 0 Å². The monoisotopic (exact) mass is 329 g/mol. The molecule has 1 aromatic carbocycles. The Morgan fingerprint density at radius 2 is 2.17 bits per heavy atom. The average molecular weight is 331 g/mol. The van der Waals surface area contributed by atoms with E-state index in [4.69, 9.17) is 20.8 Å². The minimum atomic E-state index is -0.379. The summed E-state index contributed by atoms with van der Waals surface area (Å²) in [5, 5.41) is 2.87. The van der Waals surface area contributed by atoms with E-state index in [1.807, 2.05) is 0 Å². The van der Waals surface area contributed by atoms with Gasteiger partial charge in [0.25, 0.3) is 5.91 Å². The highest BCUT2D eigenvalue weighted by Crippen LogP contribution is 2.27. The molecule has 0 atom stereocenters. The lowest BCUT2D eigenvalue weighted by Gasteiger charge is -2.08. The summed E-state index contributed by atoms with van der Waals surface area (Å²) in [5.74, 6) is 0.413. The normalized spacial score (nSPS) is 10.2. The zero-order chi connectivity index (χ0) is 13.1. The maximum atomic E-state index is 11.9. The van der Waals surface area contributed by atoms with Crippen LogP contribution in [0.15, 0.2) is 39.2 Å². The topological polar surface area (TPSA) is 51.5 Å². The minimum absolute atomic E-state index is 0.148. The van der Waals surface area contributed by atoms with Gasteiger partial charge >= 0.3 is 0 Å². The van der Waals surface area contributed by atoms with Crippen molar-refractivity contribution < 1.29 is 13.9 Å². The van der Waals surface area contributed by atoms with Gasteiger partial charge in [-0.3, -0.25) is 4.79 Å². The van der Waals surface area contributed by atoms with Crippen LogP contribution in [0.2, 0.25) is 5.22 Å². The van der Waals surface area contributed by atoms with Crippen LogP contribution in [0.1, 0.15) is 10.6 Å². The maximum Gasteiger partial charge on any atom is 0.291 e. The molecule has 6 heteroatoms. The third kappa shape index (κ3) is 2.86. The van der Waals surface area contributed by atoms with Crippen molar-refractivity contribution >= 4 is 39.1 Å². The molecule has 2 aromatic rings. The number of ether oxygens (including phenoxy) is 1. The molecular formula is C12H9BrClNO3. The van der Waals surface area contributed by atoms with Crippen LogP contribution in [0.5, 0.6) is 5.75 Å². The second-order valence-electron chi connectivity index (χ2n) is 3.40. The molecule has 0 aliphatic rings. The second kappa shape index (κ2) is 5.46. The number of hydrogen-bond acceptors (Lipinski definition) is 3. The summed E-state index contributed by atoms with van der Waals surface area (Å²) in [7, 11) is 1.56. The molecule has 0 aliphatic heterocycles. The molecule has 0 saturated heterocycles. The summed E-state index contributed by atoms with van der Waals surface area (Å²) >= 11 is 8.95. The quantitative estimate of drug-likeness (QED) is 0.927. The molecule has 1 aromatic heterocycles. The van der Waals surface area contributed by atoms with Crippen molar-refractivity contribution in [2.24, 2.45) is 0 Å². The van der Waals surface area contributed by atoms with Crippen LogP contribution < -0.4 is 10.1 Å². The van der Waals surface area contributed by atoms with Crippen LogP contribution in [-0.2, 0) is 0 Å². The summed E-state index contributed by atoms with van der Waals surface area (Å²) in [5.41, 5.74) is 0.590. The Morgan fingerprint density at radius 3 is 2.78 bits per heavy atom. The van der Waals surface area contributed by atoms with Crippen LogP contribution in [0, 0.1) is 0 Å². The van der Waals surface area contributed by atoms with Crippen molar-refractivity contribution in [2.75, 3.05) is 12.4 Å². The number of benzene rings is 1. The first-order chi connectivity index (χ1) is 8.60. The number of amides is 1. The highest BCUT2D eigenvalue weighted by atomic mass is 79.9. The lowest BCUT2D eigenvalue weighted by molar-refractivity contribution is 0.0996. The van der Waals surface area contributed by atoms with Gasteiger partial charge in [0.2, 0.25) is 0 Å². The Labute approximate surface area is 117 Å². The molecule has 1 amide bonds. The van der Waals surface area contributed by atoms with E-state index in [2.05, 4.69) is 21.2 Å². The molecule has 0 bridgehead atoms. The van der Waals surface area contributed by atoms with Gasteiger partial charge in [0, 0.05) is 10.5 Å². The van der Waals surface area contributed by atoms with E-state index in [0.717, 1.165) is 4.47 Å². The number of furan rings is 1. The maximum absolute atomic E-state index is 11.9. The van der Waals surface area contributed by atoms with E-state index in [1.54, 1.807) is 25.3 Å². The van der Waals surface area contributed by atoms with Crippen molar-refractivity contribution in [3.05, 3.63) is 45.8 Å². The number of anilines is 1. The molecule has 18 heavy (non-hydrogen) atoms. The second-order valence-corrected chi connectivity index (χ2v) is 4.63. The molecule has 1 heterocycles. The van der Waals surface area contributed by atoms with Crippen molar-refractivity contribution in [2.45, 2.75) is 0 Å². The molecule has 0 saturated carbocycles. The first-order valence-electron chi connectivity index (χ1n) is 5.00. The van der Waals surface area contributed by atoms with Crippen LogP contribution in [0.25, 0.3) is 0 Å². The van der Waals surface area contributed by atoms with Crippen molar-refractivity contribution in [3.63, 3.8) is 0 Å². The van der Waals surface area contributed by atoms with Gasteiger partial charge in [-0.25, -0.2) is 0 Å². The summed E-state index contributed by atoms with van der Waals surface area (Å²) in [6, 6.07) is 8.28. The molecule has 2 rings (SSSR count). The largest absolute Gasteiger partial charge is 0.497 e. The fourth-order valence-corrected chi connectivity index (χ4v) is 1.84. The number of carbonyl (C=O) groups is 1. The fourth-order valence-electron chi connectivity index (χ4n) is 1.35. The van der Waals surface area contributed by atoms with Gasteiger partial charge in [-0.05, 0) is 51.8 Å². The summed E-state index contributed by atoms with van der Waals surface area (Å²) in [6.45, 7) is 0. The SMILES string of the molecule is COc1ccc(Br)c(NC(=O)c2ccc(Cl)o2)c1. The minimum Gasteiger partial charge on any atom is -0.497 e. The number of nitrogens with one attached hydrogen (secondary N) is 1. The van der Waals surface area contributed by atoms with Gasteiger partial charge in [-0.1, -0.05) is 0 Å². The Hall–Kier alpha value is -1.46. The Balaban J connectivity index is 2.21. The van der Waals surface area contributed by atoms with E-state index in [-0.39, 0.29) is 16.9 Å². The molecule has 0 unspecified atom stereocenters. The standard InChI is InChI=1S/C12H9BrClNO3/c1-17-7-2-3-8(13)9(6-7)15-12(16)10-4-5-11(14)18-10/h2-6H,1H3,(H,15,16).